The van der Waals surface area contributed by atoms with Crippen molar-refractivity contribution in [1.29, 1.82) is 0 Å². The molecule has 23 nitrogen and oxygen atoms in total. The number of nitrogens with zero attached hydrogens (tertiary/aromatic N) is 3. The molecule has 2 aromatic carbocycles. The van der Waals surface area contributed by atoms with E-state index < -0.39 is 66.0 Å². The number of aromatic carboxylic acids is 1. The van der Waals surface area contributed by atoms with Gasteiger partial charge in [0.25, 0.3) is 21.6 Å². The Morgan fingerprint density at radius 1 is 0.942 bits per heavy atom. The van der Waals surface area contributed by atoms with E-state index in [1.807, 2.05) is 57.0 Å². The van der Waals surface area contributed by atoms with Crippen LogP contribution in [-0.4, -0.2) is 76.6 Å². The Hall–Kier alpha value is -5.12. The number of hydrogen-bond donors (Lipinski definition) is 6. The molecule has 2 aliphatic heterocycles. The molecule has 0 bridgehead atoms. The Labute approximate surface area is 395 Å². The Bertz CT molecular complexity index is 2950. The van der Waals surface area contributed by atoms with Gasteiger partial charge in [-0.2, -0.15) is 4.98 Å². The van der Waals surface area contributed by atoms with Crippen LogP contribution in [0.2, 0.25) is 0 Å². The van der Waals surface area contributed by atoms with Crippen molar-refractivity contribution < 1.29 is 70.5 Å². The number of unbranched alkanes of at least 4 members (excludes halogenated alkanes) is 4. The topological polar surface area (TPSA) is 354 Å². The van der Waals surface area contributed by atoms with E-state index in [4.69, 9.17) is 14.9 Å². The molecule has 1 saturated heterocycles. The van der Waals surface area contributed by atoms with Gasteiger partial charge in [-0.15, -0.1) is 0 Å². The van der Waals surface area contributed by atoms with E-state index in [1.165, 1.54) is 18.3 Å². The third-order valence-corrected chi connectivity index (χ3v) is 15.3. The first-order chi connectivity index (χ1) is 32.6. The quantitative estimate of drug-likeness (QED) is 0.0305. The molecule has 374 valence electrons. The number of aliphatic hydroxyl groups excluding tert-OH is 1. The largest absolute Gasteiger partial charge is 0.766 e. The van der Waals surface area contributed by atoms with Crippen LogP contribution in [0.1, 0.15) is 90.4 Å². The molecule has 3 aliphatic rings. The SMILES string of the molecule is CCN=c1cc2oc3cc(NCC)c(C)cc3c(-c3ccc(C(=O)NCCCCCCCNP(=O)([O-])OP(=O)([O-])OP(=O)([O-])OC[C@H]4O[C@@H](n5ccc(N)nc5=O)C[C@@H]4O)cc3C(=O)O)c-2cc1C. The number of hydrogen-bond acceptors (Lipinski definition) is 19. The van der Waals surface area contributed by atoms with Crippen molar-refractivity contribution in [2.75, 3.05) is 43.8 Å². The van der Waals surface area contributed by atoms with E-state index in [-0.39, 0.29) is 42.9 Å². The number of anilines is 2. The number of aliphatic hydroxyl groups is 1. The molecule has 6 rings (SSSR count). The number of carbonyl (C=O) groups is 2. The summed E-state index contributed by atoms with van der Waals surface area (Å²) in [7, 11) is -17.3. The maximum absolute atomic E-state index is 13.3. The fourth-order valence-electron chi connectivity index (χ4n) is 7.75. The fraction of sp³-hybridized carbons (Fsp3) is 0.419. The van der Waals surface area contributed by atoms with Gasteiger partial charge >= 0.3 is 11.7 Å². The Kier molecular flexibility index (Phi) is 17.6. The Morgan fingerprint density at radius 2 is 1.67 bits per heavy atom. The summed E-state index contributed by atoms with van der Waals surface area (Å²) in [6, 6.07) is 13.5. The van der Waals surface area contributed by atoms with E-state index in [0.717, 1.165) is 26.7 Å². The molecule has 3 heterocycles. The highest BCUT2D eigenvalue weighted by molar-refractivity contribution is 7.66. The smallest absolute Gasteiger partial charge is 0.351 e. The van der Waals surface area contributed by atoms with Gasteiger partial charge in [0.2, 0.25) is 7.75 Å². The number of nitrogens with two attached hydrogens (primary N) is 1. The second kappa shape index (κ2) is 22.7. The van der Waals surface area contributed by atoms with Crippen molar-refractivity contribution in [3.8, 4) is 22.5 Å². The fourth-order valence-corrected chi connectivity index (χ4v) is 11.3. The van der Waals surface area contributed by atoms with E-state index in [1.54, 1.807) is 12.1 Å². The van der Waals surface area contributed by atoms with E-state index in [9.17, 15) is 53.0 Å². The second-order valence-corrected chi connectivity index (χ2v) is 20.8. The first kappa shape index (κ1) is 53.2. The molecule has 1 aromatic heterocycles. The van der Waals surface area contributed by atoms with Crippen LogP contribution >= 0.6 is 23.4 Å². The van der Waals surface area contributed by atoms with Crippen molar-refractivity contribution >= 4 is 57.7 Å². The third-order valence-electron chi connectivity index (χ3n) is 11.0. The van der Waals surface area contributed by atoms with Gasteiger partial charge in [-0.1, -0.05) is 25.3 Å². The van der Waals surface area contributed by atoms with Crippen molar-refractivity contribution in [2.24, 2.45) is 4.99 Å². The molecular weight excluding hydrogens is 963 g/mol. The van der Waals surface area contributed by atoms with Gasteiger partial charge in [-0.3, -0.25) is 37.4 Å². The maximum atomic E-state index is 13.3. The number of carboxylic acids is 1. The second-order valence-electron chi connectivity index (χ2n) is 16.1. The predicted molar refractivity (Wildman–Crippen MR) is 247 cm³/mol. The Morgan fingerprint density at radius 3 is 2.36 bits per heavy atom. The van der Waals surface area contributed by atoms with Crippen LogP contribution in [0.3, 0.4) is 0 Å². The zero-order valence-corrected chi connectivity index (χ0v) is 40.8. The molecule has 3 aromatic rings. The highest BCUT2D eigenvalue weighted by Crippen LogP contribution is 2.61. The van der Waals surface area contributed by atoms with Crippen LogP contribution in [0.4, 0.5) is 11.5 Å². The number of ether oxygens (including phenoxy) is 1. The molecule has 6 atom stereocenters. The lowest BCUT2D eigenvalue weighted by atomic mass is 9.88. The summed E-state index contributed by atoms with van der Waals surface area (Å²) >= 11 is 0. The maximum Gasteiger partial charge on any atom is 0.351 e. The molecule has 69 heavy (non-hydrogen) atoms. The molecule has 1 amide bonds. The zero-order valence-electron chi connectivity index (χ0n) is 38.1. The van der Waals surface area contributed by atoms with Gasteiger partial charge in [0.15, 0.2) is 0 Å². The normalized spacial score (nSPS) is 19.0. The summed E-state index contributed by atoms with van der Waals surface area (Å²) in [4.78, 5) is 83.0. The number of phosphoric ester groups is 1. The van der Waals surface area contributed by atoms with Crippen molar-refractivity contribution in [3.05, 3.63) is 92.8 Å². The summed E-state index contributed by atoms with van der Waals surface area (Å²) in [6.07, 6.45) is -0.342. The van der Waals surface area contributed by atoms with Crippen LogP contribution in [0.5, 0.6) is 0 Å². The lowest BCUT2D eigenvalue weighted by molar-refractivity contribution is -0.246. The van der Waals surface area contributed by atoms with Crippen molar-refractivity contribution in [3.63, 3.8) is 0 Å². The summed E-state index contributed by atoms with van der Waals surface area (Å²) in [6.45, 7) is 8.06. The number of nitrogens with one attached hydrogen (secondary N) is 3. The number of nitrogen functional groups attached to an aromatic ring is 1. The van der Waals surface area contributed by atoms with Gasteiger partial charge in [-0.05, 0) is 87.6 Å². The van der Waals surface area contributed by atoms with Gasteiger partial charge in [0, 0.05) is 78.7 Å². The summed E-state index contributed by atoms with van der Waals surface area (Å²) in [5.74, 6) is -1.25. The van der Waals surface area contributed by atoms with Gasteiger partial charge in [0.1, 0.15) is 29.5 Å². The number of phosphoric acid groups is 2. The minimum absolute atomic E-state index is 0.0666. The average Bonchev–Trinajstić information content (AvgIpc) is 3.63. The van der Waals surface area contributed by atoms with Crippen LogP contribution in [0, 0.1) is 13.8 Å². The molecule has 1 fully saturated rings. The highest BCUT2D eigenvalue weighted by atomic mass is 31.3. The number of aromatic nitrogens is 2. The van der Waals surface area contributed by atoms with Crippen molar-refractivity contribution in [1.82, 2.24) is 20.0 Å². The van der Waals surface area contributed by atoms with E-state index >= 15 is 0 Å². The molecule has 7 N–H and O–H groups in total. The molecule has 0 saturated carbocycles. The number of carbonyl (C=O) groups excluding carboxylic acids is 1. The standard InChI is InChI=1S/C43H56N7O16P3/c1-5-45-32-21-35-30(18-25(32)3)40(31-19-26(4)33(46-6-2)22-36(31)63-35)28-13-12-27(20-29(28)42(53)54)41(52)47-15-10-8-7-9-11-16-48-67(56,57)65-69(60,61)66-68(58,59)62-24-37-34(51)23-39(64-37)50-17-14-38(44)49-43(50)55/h12-14,17-22,34,37,39,45,51H,5-11,15-16,23-24H2,1-4H3,(H,47,52)(H,53,54)(H,58,59)(H,60,61)(H2,44,49,55)(H2,48,56,57)/p-3/t34-,37+,39+/m0/s1. The van der Waals surface area contributed by atoms with Gasteiger partial charge in [-0.25, -0.2) is 13.9 Å². The first-order valence-corrected chi connectivity index (χ1v) is 26.4. The number of rotatable bonds is 23. The summed E-state index contributed by atoms with van der Waals surface area (Å²) < 4.78 is 61.9. The molecular formula is C43H53N7O16P3-3. The Balaban J connectivity index is 0.961. The predicted octanol–water partition coefficient (Wildman–Crippen LogP) is 4.08. The van der Waals surface area contributed by atoms with Crippen molar-refractivity contribution in [2.45, 2.75) is 84.7 Å². The first-order valence-electron chi connectivity index (χ1n) is 22.0. The highest BCUT2D eigenvalue weighted by Gasteiger charge is 2.37. The number of benzene rings is 3. The average molecular weight is 1020 g/mol. The van der Waals surface area contributed by atoms with Crippen LogP contribution in [-0.2, 0) is 31.6 Å². The van der Waals surface area contributed by atoms with Crippen LogP contribution in [0.25, 0.3) is 33.4 Å². The van der Waals surface area contributed by atoms with E-state index in [2.05, 4.69) is 33.8 Å². The lowest BCUT2D eigenvalue weighted by Crippen LogP contribution is -2.29. The molecule has 0 radical (unpaired) electrons. The molecule has 1 aliphatic carbocycles. The third kappa shape index (κ3) is 13.8. The van der Waals surface area contributed by atoms with Crippen LogP contribution in [0.15, 0.2) is 68.9 Å². The number of amides is 1. The van der Waals surface area contributed by atoms with E-state index in [0.29, 0.717) is 72.2 Å². The monoisotopic (exact) mass is 1020 g/mol. The van der Waals surface area contributed by atoms with Crippen LogP contribution < -0.4 is 47.2 Å². The zero-order chi connectivity index (χ0) is 50.3. The summed E-state index contributed by atoms with van der Waals surface area (Å²) in [5.41, 5.74) is 9.69. The number of carboxylic acid groups (broad SMARTS) is 1. The molecule has 0 spiro atoms. The summed E-state index contributed by atoms with van der Waals surface area (Å²) in [5, 5.41) is 30.2. The molecule has 3 unspecified atom stereocenters. The minimum atomic E-state index is -6.07. The number of aryl methyl sites for hydroxylation is 2. The molecule has 26 heteroatoms. The van der Waals surface area contributed by atoms with Gasteiger partial charge < -0.3 is 54.9 Å². The number of fused-ring (bicyclic) bond motifs is 2. The minimum Gasteiger partial charge on any atom is -0.766 e. The van der Waals surface area contributed by atoms with Gasteiger partial charge in [0.05, 0.1) is 23.6 Å². The lowest BCUT2D eigenvalue weighted by Gasteiger charge is -2.35.